The summed E-state index contributed by atoms with van der Waals surface area (Å²) in [5.41, 5.74) is -1.71. The predicted molar refractivity (Wildman–Crippen MR) is 129 cm³/mol. The Bertz CT molecular complexity index is 1230. The van der Waals surface area contributed by atoms with E-state index in [-0.39, 0.29) is 59.0 Å². The second kappa shape index (κ2) is 5.88. The number of aliphatic hydroxyl groups is 1. The van der Waals surface area contributed by atoms with Crippen LogP contribution in [0.1, 0.15) is 66.2 Å². The van der Waals surface area contributed by atoms with Gasteiger partial charge in [-0.3, -0.25) is 4.79 Å². The molecular formula is C30H36O6. The van der Waals surface area contributed by atoms with Crippen LogP contribution in [0.5, 0.6) is 0 Å². The van der Waals surface area contributed by atoms with Crippen molar-refractivity contribution < 1.29 is 28.9 Å². The Hall–Kier alpha value is -1.92. The summed E-state index contributed by atoms with van der Waals surface area (Å²) in [7, 11) is 0. The lowest BCUT2D eigenvalue weighted by Gasteiger charge is -2.45. The van der Waals surface area contributed by atoms with Crippen LogP contribution < -0.4 is 0 Å². The van der Waals surface area contributed by atoms with Crippen molar-refractivity contribution in [2.75, 3.05) is 0 Å². The second-order valence-corrected chi connectivity index (χ2v) is 14.0. The fourth-order valence-corrected chi connectivity index (χ4v) is 11.0. The van der Waals surface area contributed by atoms with E-state index in [4.69, 9.17) is 14.2 Å². The molecule has 2 spiro atoms. The summed E-state index contributed by atoms with van der Waals surface area (Å²) in [5.74, 6) is -0.687. The van der Waals surface area contributed by atoms with Gasteiger partial charge in [0.05, 0.1) is 16.6 Å². The fraction of sp³-hybridized carbons (Fsp3) is 0.733. The van der Waals surface area contributed by atoms with Gasteiger partial charge in [-0.15, -0.1) is 0 Å². The van der Waals surface area contributed by atoms with E-state index in [0.717, 1.165) is 19.3 Å². The first kappa shape index (κ1) is 22.1. The zero-order chi connectivity index (χ0) is 25.3. The van der Waals surface area contributed by atoms with Crippen LogP contribution >= 0.6 is 0 Å². The molecule has 0 aromatic heterocycles. The standard InChI is InChI=1S/C30H36O6/c1-15-6-11-30-19(15)21-18(8-10-27(30,5)36-30)29(24(32)35-21)14-28-13-12-25(29,3)22(28)20-17(7-9-26(28,4)33)16(2)23(31)34-20/h6,12-13,17-22,33H,2,7-11,14H2,1,3-5H3/t17-,18+,19+,20-,21-,22-,25+,26+,27-,28-,29+,30+/m0/s1. The zero-order valence-electron chi connectivity index (χ0n) is 21.6. The molecule has 6 heteroatoms. The van der Waals surface area contributed by atoms with Crippen LogP contribution in [0.4, 0.5) is 0 Å². The van der Waals surface area contributed by atoms with Gasteiger partial charge in [0.2, 0.25) is 0 Å². The Morgan fingerprint density at radius 2 is 1.83 bits per heavy atom. The van der Waals surface area contributed by atoms with E-state index in [1.807, 2.05) is 6.92 Å². The molecule has 192 valence electrons. The monoisotopic (exact) mass is 492 g/mol. The summed E-state index contributed by atoms with van der Waals surface area (Å²) in [6, 6.07) is 0. The van der Waals surface area contributed by atoms with Crippen LogP contribution in [0.25, 0.3) is 0 Å². The Kier molecular flexibility index (Phi) is 3.61. The van der Waals surface area contributed by atoms with Crippen LogP contribution in [0.2, 0.25) is 0 Å². The van der Waals surface area contributed by atoms with E-state index in [1.165, 1.54) is 5.57 Å². The molecule has 5 aliphatic carbocycles. The van der Waals surface area contributed by atoms with Gasteiger partial charge in [0.25, 0.3) is 0 Å². The maximum atomic E-state index is 14.3. The molecule has 8 rings (SSSR count). The number of rotatable bonds is 0. The zero-order valence-corrected chi connectivity index (χ0v) is 21.6. The molecule has 3 aliphatic heterocycles. The van der Waals surface area contributed by atoms with Crippen LogP contribution in [0.3, 0.4) is 0 Å². The van der Waals surface area contributed by atoms with Gasteiger partial charge in [-0.05, 0) is 59.3 Å². The SMILES string of the molecule is C=C1C(=O)O[C@@H]2[C@@H]3[C@@]4(C=C[C@@]3(C)[C@@]3(C4)C(=O)O[C@H]4[C@H]3CC[C@]3(C)O[C@@]35CC=C(C)[C@H]45)[C@](C)(O)CC[C@@H]12. The van der Waals surface area contributed by atoms with Crippen molar-refractivity contribution in [1.82, 2.24) is 0 Å². The minimum atomic E-state index is -1.03. The highest BCUT2D eigenvalue weighted by Gasteiger charge is 2.85. The Labute approximate surface area is 212 Å². The number of allylic oxidation sites excluding steroid dienone is 1. The van der Waals surface area contributed by atoms with Crippen molar-refractivity contribution in [1.29, 1.82) is 0 Å². The van der Waals surface area contributed by atoms with Gasteiger partial charge in [-0.2, -0.15) is 0 Å². The highest BCUT2D eigenvalue weighted by Crippen LogP contribution is 2.81. The van der Waals surface area contributed by atoms with E-state index < -0.39 is 21.8 Å². The van der Waals surface area contributed by atoms with Crippen molar-refractivity contribution in [2.45, 2.75) is 95.2 Å². The van der Waals surface area contributed by atoms with Gasteiger partial charge in [-0.25, -0.2) is 4.79 Å². The molecule has 0 aromatic rings. The molecule has 1 N–H and O–H groups in total. The number of carbonyl (C=O) groups is 2. The van der Waals surface area contributed by atoms with Crippen LogP contribution in [0, 0.1) is 39.9 Å². The molecule has 0 aromatic carbocycles. The normalized spacial score (nSPS) is 61.5. The maximum Gasteiger partial charge on any atom is 0.334 e. The average Bonchev–Trinajstić information content (AvgIpc) is 3.13. The minimum Gasteiger partial charge on any atom is -0.461 e. The molecular weight excluding hydrogens is 456 g/mol. The van der Waals surface area contributed by atoms with E-state index in [1.54, 1.807) is 0 Å². The highest BCUT2D eigenvalue weighted by atomic mass is 16.6. The van der Waals surface area contributed by atoms with E-state index in [2.05, 4.69) is 45.6 Å². The van der Waals surface area contributed by atoms with Crippen molar-refractivity contribution >= 4 is 11.9 Å². The number of ether oxygens (including phenoxy) is 3. The quantitative estimate of drug-likeness (QED) is 0.238. The number of hydrogen-bond donors (Lipinski definition) is 1. The minimum absolute atomic E-state index is 0.0230. The molecule has 0 amide bonds. The molecule has 3 heterocycles. The Morgan fingerprint density at radius 3 is 2.61 bits per heavy atom. The van der Waals surface area contributed by atoms with Gasteiger partial charge in [-0.1, -0.05) is 37.3 Å². The van der Waals surface area contributed by atoms with Gasteiger partial charge in [0, 0.05) is 40.1 Å². The molecule has 2 bridgehead atoms. The topological polar surface area (TPSA) is 85.4 Å². The molecule has 3 saturated carbocycles. The number of epoxide rings is 1. The van der Waals surface area contributed by atoms with Crippen LogP contribution in [-0.4, -0.2) is 46.1 Å². The van der Waals surface area contributed by atoms with E-state index in [0.29, 0.717) is 24.8 Å². The summed E-state index contributed by atoms with van der Waals surface area (Å²) in [4.78, 5) is 27.0. The summed E-state index contributed by atoms with van der Waals surface area (Å²) in [6.45, 7) is 12.6. The lowest BCUT2D eigenvalue weighted by molar-refractivity contribution is -0.155. The molecule has 6 nitrogen and oxygen atoms in total. The summed E-state index contributed by atoms with van der Waals surface area (Å²) < 4.78 is 19.0. The van der Waals surface area contributed by atoms with Gasteiger partial charge in [0.15, 0.2) is 0 Å². The molecule has 6 fully saturated rings. The third-order valence-electron chi connectivity index (χ3n) is 13.0. The van der Waals surface area contributed by atoms with Crippen molar-refractivity contribution in [2.24, 2.45) is 39.9 Å². The number of esters is 2. The maximum absolute atomic E-state index is 14.3. The molecule has 8 aliphatic rings. The molecule has 36 heavy (non-hydrogen) atoms. The fourth-order valence-electron chi connectivity index (χ4n) is 11.0. The largest absolute Gasteiger partial charge is 0.461 e. The van der Waals surface area contributed by atoms with Gasteiger partial charge in [0.1, 0.15) is 17.8 Å². The lowest BCUT2D eigenvalue weighted by Crippen LogP contribution is -2.49. The molecule has 0 radical (unpaired) electrons. The molecule has 12 atom stereocenters. The third-order valence-corrected chi connectivity index (χ3v) is 13.0. The second-order valence-electron chi connectivity index (χ2n) is 14.0. The van der Waals surface area contributed by atoms with E-state index >= 15 is 0 Å². The molecule has 0 unspecified atom stereocenters. The van der Waals surface area contributed by atoms with E-state index in [9.17, 15) is 14.7 Å². The predicted octanol–water partition coefficient (Wildman–Crippen LogP) is 4.03. The van der Waals surface area contributed by atoms with Crippen LogP contribution in [-0.2, 0) is 23.8 Å². The first-order valence-corrected chi connectivity index (χ1v) is 13.8. The third kappa shape index (κ3) is 1.95. The average molecular weight is 493 g/mol. The number of hydrogen-bond acceptors (Lipinski definition) is 6. The Balaban J connectivity index is 1.31. The smallest absolute Gasteiger partial charge is 0.334 e. The summed E-state index contributed by atoms with van der Waals surface area (Å²) in [6.07, 6.45) is 10.4. The van der Waals surface area contributed by atoms with Gasteiger partial charge >= 0.3 is 11.9 Å². The first-order valence-electron chi connectivity index (χ1n) is 13.8. The summed E-state index contributed by atoms with van der Waals surface area (Å²) >= 11 is 0. The van der Waals surface area contributed by atoms with Crippen molar-refractivity contribution in [3.63, 3.8) is 0 Å². The van der Waals surface area contributed by atoms with Crippen molar-refractivity contribution in [3.8, 4) is 0 Å². The first-order chi connectivity index (χ1) is 16.9. The highest BCUT2D eigenvalue weighted by molar-refractivity contribution is 5.91. The number of carbonyl (C=O) groups excluding carboxylic acids is 2. The Morgan fingerprint density at radius 1 is 1.06 bits per heavy atom. The number of fused-ring (bicyclic) bond motifs is 5. The van der Waals surface area contributed by atoms with Gasteiger partial charge < -0.3 is 19.3 Å². The summed E-state index contributed by atoms with van der Waals surface area (Å²) in [5, 5.41) is 12.1. The lowest BCUT2D eigenvalue weighted by atomic mass is 9.55. The van der Waals surface area contributed by atoms with Crippen LogP contribution in [0.15, 0.2) is 36.0 Å². The molecule has 3 saturated heterocycles. The van der Waals surface area contributed by atoms with Crippen molar-refractivity contribution in [3.05, 3.63) is 36.0 Å².